The molecule has 1 saturated carbocycles. The van der Waals surface area contributed by atoms with Crippen LogP contribution in [-0.2, 0) is 28.7 Å². The Hall–Kier alpha value is -1.72. The van der Waals surface area contributed by atoms with Crippen LogP contribution in [0, 0.1) is 23.7 Å². The molecule has 0 aromatic carbocycles. The molecule has 0 aliphatic heterocycles. The number of carbonyl (C=O) groups is 4. The van der Waals surface area contributed by atoms with Crippen LogP contribution < -0.4 is 0 Å². The molecule has 1 aliphatic carbocycles. The fourth-order valence-electron chi connectivity index (χ4n) is 3.04. The van der Waals surface area contributed by atoms with E-state index in [0.717, 1.165) is 12.7 Å². The van der Waals surface area contributed by atoms with Crippen molar-refractivity contribution in [3.05, 3.63) is 0 Å². The molecular weight excluding hydrogens is 264 g/mol. The van der Waals surface area contributed by atoms with Crippen LogP contribution in [0.15, 0.2) is 0 Å². The van der Waals surface area contributed by atoms with Gasteiger partial charge >= 0.3 is 18.4 Å². The molecule has 0 N–H and O–H groups in total. The first-order chi connectivity index (χ1) is 9.57. The van der Waals surface area contributed by atoms with Gasteiger partial charge in [-0.25, -0.2) is 0 Å². The zero-order chi connectivity index (χ0) is 15.1. The highest BCUT2D eigenvalue weighted by Crippen LogP contribution is 2.41. The Morgan fingerprint density at radius 2 is 1.90 bits per heavy atom. The van der Waals surface area contributed by atoms with E-state index in [1.54, 1.807) is 0 Å². The summed E-state index contributed by atoms with van der Waals surface area (Å²) in [7, 11) is 1.28. The number of aldehydes is 1. The molecule has 20 heavy (non-hydrogen) atoms. The van der Waals surface area contributed by atoms with Gasteiger partial charge in [0.2, 0.25) is 0 Å². The molecule has 0 saturated heterocycles. The zero-order valence-electron chi connectivity index (χ0n) is 11.7. The lowest BCUT2D eigenvalue weighted by Gasteiger charge is -2.37. The molecule has 6 nitrogen and oxygen atoms in total. The van der Waals surface area contributed by atoms with Crippen LogP contribution >= 0.6 is 0 Å². The summed E-state index contributed by atoms with van der Waals surface area (Å²) in [5.74, 6) is -1.83. The third-order valence-corrected chi connectivity index (χ3v) is 4.13. The highest BCUT2D eigenvalue weighted by Gasteiger charge is 2.41. The van der Waals surface area contributed by atoms with Gasteiger partial charge in [0.05, 0.1) is 13.0 Å². The maximum absolute atomic E-state index is 11.7. The number of carbonyl (C=O) groups excluding carboxylic acids is 4. The largest absolute Gasteiger partial charge is 0.469 e. The van der Waals surface area contributed by atoms with E-state index in [1.165, 1.54) is 7.11 Å². The number of rotatable bonds is 6. The van der Waals surface area contributed by atoms with Gasteiger partial charge in [-0.2, -0.15) is 0 Å². The molecule has 1 fully saturated rings. The van der Waals surface area contributed by atoms with Crippen molar-refractivity contribution in [1.82, 2.24) is 0 Å². The highest BCUT2D eigenvalue weighted by atomic mass is 16.6. The summed E-state index contributed by atoms with van der Waals surface area (Å²) in [6, 6.07) is 0. The van der Waals surface area contributed by atoms with E-state index in [0.29, 0.717) is 12.8 Å². The first-order valence-corrected chi connectivity index (χ1v) is 6.73. The molecule has 0 spiro atoms. The predicted octanol–water partition coefficient (Wildman–Crippen LogP) is 1.12. The average molecular weight is 284 g/mol. The summed E-state index contributed by atoms with van der Waals surface area (Å²) in [5.41, 5.74) is 0. The van der Waals surface area contributed by atoms with E-state index >= 15 is 0 Å². The van der Waals surface area contributed by atoms with Gasteiger partial charge in [-0.3, -0.25) is 14.4 Å². The van der Waals surface area contributed by atoms with Crippen molar-refractivity contribution in [2.45, 2.75) is 32.6 Å². The highest BCUT2D eigenvalue weighted by molar-refractivity contribution is 5.78. The summed E-state index contributed by atoms with van der Waals surface area (Å²) in [6.45, 7) is 2.08. The lowest BCUT2D eigenvalue weighted by atomic mass is 9.67. The van der Waals surface area contributed by atoms with Gasteiger partial charge in [-0.15, -0.1) is 0 Å². The molecule has 0 heterocycles. The third kappa shape index (κ3) is 3.88. The summed E-state index contributed by atoms with van der Waals surface area (Å²) in [5, 5.41) is 0. The molecule has 112 valence electrons. The smallest absolute Gasteiger partial charge is 0.313 e. The normalized spacial score (nSPS) is 29.3. The van der Waals surface area contributed by atoms with Gasteiger partial charge in [0.25, 0.3) is 0 Å². The fraction of sp³-hybridized carbons (Fsp3) is 0.714. The summed E-state index contributed by atoms with van der Waals surface area (Å²) >= 11 is 0. The number of hydrogen-bond donors (Lipinski definition) is 0. The van der Waals surface area contributed by atoms with Crippen molar-refractivity contribution >= 4 is 24.7 Å². The van der Waals surface area contributed by atoms with Crippen LogP contribution in [0.2, 0.25) is 0 Å². The van der Waals surface area contributed by atoms with E-state index in [2.05, 4.69) is 4.74 Å². The first-order valence-electron chi connectivity index (χ1n) is 6.73. The standard InChI is InChI=1S/C14H20O6/c1-3-9-4-11(7-15)12(14(18)19-2)5-10(9)6-13(17)20-8-16/h7-12H,3-6H2,1-2H3. The Labute approximate surface area is 117 Å². The Morgan fingerprint density at radius 1 is 1.20 bits per heavy atom. The van der Waals surface area contributed by atoms with Crippen molar-refractivity contribution < 1.29 is 28.7 Å². The van der Waals surface area contributed by atoms with Crippen LogP contribution in [0.3, 0.4) is 0 Å². The maximum Gasteiger partial charge on any atom is 0.313 e. The molecule has 6 heteroatoms. The van der Waals surface area contributed by atoms with Gasteiger partial charge < -0.3 is 14.3 Å². The summed E-state index contributed by atoms with van der Waals surface area (Å²) in [6.07, 6.45) is 2.64. The lowest BCUT2D eigenvalue weighted by Crippen LogP contribution is -2.38. The van der Waals surface area contributed by atoms with Gasteiger partial charge in [0.15, 0.2) is 0 Å². The minimum atomic E-state index is -0.600. The quantitative estimate of drug-likeness (QED) is 0.412. The van der Waals surface area contributed by atoms with Crippen LogP contribution in [0.5, 0.6) is 0 Å². The van der Waals surface area contributed by atoms with Gasteiger partial charge in [0, 0.05) is 12.3 Å². The average Bonchev–Trinajstić information content (AvgIpc) is 2.46. The lowest BCUT2D eigenvalue weighted by molar-refractivity contribution is -0.156. The molecule has 0 radical (unpaired) electrons. The Morgan fingerprint density at radius 3 is 2.40 bits per heavy atom. The predicted molar refractivity (Wildman–Crippen MR) is 68.3 cm³/mol. The molecule has 0 aromatic rings. The number of ether oxygens (including phenoxy) is 2. The van der Waals surface area contributed by atoms with E-state index in [-0.39, 0.29) is 30.6 Å². The minimum Gasteiger partial charge on any atom is -0.469 e. The van der Waals surface area contributed by atoms with Gasteiger partial charge in [-0.1, -0.05) is 13.3 Å². The molecule has 0 bridgehead atoms. The SMILES string of the molecule is CCC1CC(C=O)C(C(=O)OC)CC1CC(=O)OC=O. The summed E-state index contributed by atoms with van der Waals surface area (Å²) < 4.78 is 9.03. The van der Waals surface area contributed by atoms with Gasteiger partial charge in [-0.05, 0) is 24.7 Å². The van der Waals surface area contributed by atoms with Crippen molar-refractivity contribution in [2.75, 3.05) is 7.11 Å². The second-order valence-electron chi connectivity index (χ2n) is 5.12. The second kappa shape index (κ2) is 7.77. The monoisotopic (exact) mass is 284 g/mol. The van der Waals surface area contributed by atoms with E-state index in [9.17, 15) is 19.2 Å². The van der Waals surface area contributed by atoms with E-state index in [4.69, 9.17) is 4.74 Å². The molecule has 4 unspecified atom stereocenters. The molecule has 0 aromatic heterocycles. The van der Waals surface area contributed by atoms with E-state index < -0.39 is 17.9 Å². The van der Waals surface area contributed by atoms with Crippen LogP contribution in [0.1, 0.15) is 32.6 Å². The minimum absolute atomic E-state index is 0.0762. The van der Waals surface area contributed by atoms with Crippen molar-refractivity contribution in [3.63, 3.8) is 0 Å². The molecular formula is C14H20O6. The summed E-state index contributed by atoms with van der Waals surface area (Å²) in [4.78, 5) is 44.5. The maximum atomic E-state index is 11.7. The van der Waals surface area contributed by atoms with Crippen molar-refractivity contribution in [1.29, 1.82) is 0 Å². The Balaban J connectivity index is 2.81. The van der Waals surface area contributed by atoms with Crippen molar-refractivity contribution in [3.8, 4) is 0 Å². The molecule has 4 atom stereocenters. The first kappa shape index (κ1) is 16.3. The molecule has 1 aliphatic rings. The van der Waals surface area contributed by atoms with E-state index in [1.807, 2.05) is 6.92 Å². The van der Waals surface area contributed by atoms with Crippen molar-refractivity contribution in [2.24, 2.45) is 23.7 Å². The third-order valence-electron chi connectivity index (χ3n) is 4.13. The van der Waals surface area contributed by atoms with Crippen LogP contribution in [0.4, 0.5) is 0 Å². The topological polar surface area (TPSA) is 86.7 Å². The van der Waals surface area contributed by atoms with Gasteiger partial charge in [0.1, 0.15) is 6.29 Å². The second-order valence-corrected chi connectivity index (χ2v) is 5.12. The molecule has 1 rings (SSSR count). The van der Waals surface area contributed by atoms with Crippen LogP contribution in [0.25, 0.3) is 0 Å². The zero-order valence-corrected chi connectivity index (χ0v) is 11.7. The van der Waals surface area contributed by atoms with Crippen LogP contribution in [-0.4, -0.2) is 31.8 Å². The number of esters is 2. The molecule has 0 amide bonds. The Bertz CT molecular complexity index is 378. The Kier molecular flexibility index (Phi) is 6.35. The number of methoxy groups -OCH3 is 1. The fourth-order valence-corrected chi connectivity index (χ4v) is 3.04. The number of hydrogen-bond acceptors (Lipinski definition) is 6.